The smallest absolute Gasteiger partial charge is 0.235 e. The molecule has 0 aromatic rings. The molecule has 0 N–H and O–H groups in total. The molecule has 0 atom stereocenters. The minimum atomic E-state index is 0.0995. The summed E-state index contributed by atoms with van der Waals surface area (Å²) in [4.78, 5) is 25.2. The fraction of sp³-hybridized carbons (Fsp3) is 0.750. The predicted molar refractivity (Wildman–Crippen MR) is 48.1 cm³/mol. The Hall–Kier alpha value is -1.28. The van der Waals surface area contributed by atoms with Gasteiger partial charge in [0.05, 0.1) is 19.2 Å². The quantitative estimate of drug-likeness (QED) is 0.368. The summed E-state index contributed by atoms with van der Waals surface area (Å²) in [6, 6.07) is 0.0995. The number of rotatable bonds is 4. The lowest BCUT2D eigenvalue weighted by atomic mass is 10.4. The number of isocyanates is 2. The number of methoxy groups -OCH3 is 1. The predicted octanol–water partition coefficient (Wildman–Crippen LogP) is 0.699. The molecule has 0 aliphatic carbocycles. The molecule has 0 amide bonds. The number of carbonyl (C=O) groups excluding carboxylic acids is 2. The Morgan fingerprint density at radius 2 is 1.92 bits per heavy atom. The lowest BCUT2D eigenvalue weighted by molar-refractivity contribution is 0.208. The minimum absolute atomic E-state index is 0.0995. The van der Waals surface area contributed by atoms with Crippen LogP contribution >= 0.6 is 0 Å². The molecule has 0 fully saturated rings. The normalized spacial score (nSPS) is 7.69. The lowest BCUT2D eigenvalue weighted by Gasteiger charge is -1.85. The van der Waals surface area contributed by atoms with Crippen molar-refractivity contribution in [3.05, 3.63) is 0 Å². The maximum absolute atomic E-state index is 9.33. The van der Waals surface area contributed by atoms with Crippen molar-refractivity contribution in [2.24, 2.45) is 9.98 Å². The van der Waals surface area contributed by atoms with Gasteiger partial charge in [-0.1, -0.05) is 0 Å². The van der Waals surface area contributed by atoms with Gasteiger partial charge in [0.25, 0.3) is 0 Å². The molecule has 0 rings (SSSR count). The number of nitrogens with zero attached hydrogens (tertiary/aromatic N) is 2. The van der Waals surface area contributed by atoms with E-state index in [-0.39, 0.29) is 6.04 Å². The average molecular weight is 186 g/mol. The van der Waals surface area contributed by atoms with E-state index in [1.54, 1.807) is 7.11 Å². The van der Waals surface area contributed by atoms with Crippen LogP contribution in [0.4, 0.5) is 0 Å². The van der Waals surface area contributed by atoms with Gasteiger partial charge in [-0.2, -0.15) is 0 Å². The monoisotopic (exact) mass is 186 g/mol. The topological polar surface area (TPSA) is 68.1 Å². The van der Waals surface area contributed by atoms with Crippen LogP contribution in [0.25, 0.3) is 0 Å². The van der Waals surface area contributed by atoms with E-state index >= 15 is 0 Å². The number of hydrogen-bond donors (Lipinski definition) is 0. The number of aliphatic imine (C=N–C) groups is 2. The third-order valence-electron chi connectivity index (χ3n) is 0.783. The van der Waals surface area contributed by atoms with E-state index in [1.165, 1.54) is 12.2 Å². The molecule has 5 nitrogen and oxygen atoms in total. The van der Waals surface area contributed by atoms with Gasteiger partial charge in [0.1, 0.15) is 0 Å². The van der Waals surface area contributed by atoms with Gasteiger partial charge in [-0.25, -0.2) is 19.6 Å². The van der Waals surface area contributed by atoms with E-state index in [1.807, 2.05) is 13.8 Å². The molecule has 0 aliphatic heterocycles. The van der Waals surface area contributed by atoms with Gasteiger partial charge in [-0.15, -0.1) is 0 Å². The largest absolute Gasteiger partial charge is 0.383 e. The Kier molecular flexibility index (Phi) is 14.6. The summed E-state index contributed by atoms with van der Waals surface area (Å²) in [6.07, 6.45) is 2.84. The van der Waals surface area contributed by atoms with Crippen LogP contribution in [0.2, 0.25) is 0 Å². The molecule has 0 saturated carbocycles. The zero-order chi connectivity index (χ0) is 10.5. The minimum Gasteiger partial charge on any atom is -0.383 e. The van der Waals surface area contributed by atoms with Crippen LogP contribution in [-0.2, 0) is 14.3 Å². The SMILES string of the molecule is CC(C)N=C=O.COCCN=C=O. The molecular formula is C8H14N2O3. The van der Waals surface area contributed by atoms with Crippen molar-refractivity contribution in [1.82, 2.24) is 0 Å². The molecule has 0 unspecified atom stereocenters. The summed E-state index contributed by atoms with van der Waals surface area (Å²) >= 11 is 0. The summed E-state index contributed by atoms with van der Waals surface area (Å²) < 4.78 is 4.57. The first-order valence-corrected chi connectivity index (χ1v) is 3.78. The van der Waals surface area contributed by atoms with Gasteiger partial charge >= 0.3 is 0 Å². The molecular weight excluding hydrogens is 172 g/mol. The maximum Gasteiger partial charge on any atom is 0.235 e. The second-order valence-electron chi connectivity index (χ2n) is 2.28. The van der Waals surface area contributed by atoms with E-state index < -0.39 is 0 Å². The van der Waals surface area contributed by atoms with Gasteiger partial charge in [0, 0.05) is 7.11 Å². The first-order valence-electron chi connectivity index (χ1n) is 3.78. The molecule has 0 bridgehead atoms. The van der Waals surface area contributed by atoms with Crippen LogP contribution in [0.15, 0.2) is 9.98 Å². The third-order valence-corrected chi connectivity index (χ3v) is 0.783. The Morgan fingerprint density at radius 1 is 1.31 bits per heavy atom. The standard InChI is InChI=1S/C4H7NO2.C4H7NO/c1-7-3-2-5-4-6;1-4(2)5-3-6/h2-3H2,1H3;4H,1-2H3. The second-order valence-corrected chi connectivity index (χ2v) is 2.28. The molecule has 0 heterocycles. The van der Waals surface area contributed by atoms with Gasteiger partial charge in [-0.3, -0.25) is 0 Å². The Labute approximate surface area is 77.5 Å². The second kappa shape index (κ2) is 13.3. The summed E-state index contributed by atoms with van der Waals surface area (Å²) in [5.41, 5.74) is 0. The van der Waals surface area contributed by atoms with Crippen molar-refractivity contribution >= 4 is 12.2 Å². The highest BCUT2D eigenvalue weighted by Crippen LogP contribution is 1.78. The van der Waals surface area contributed by atoms with Gasteiger partial charge in [-0.05, 0) is 13.8 Å². The molecule has 5 heteroatoms. The maximum atomic E-state index is 9.33. The van der Waals surface area contributed by atoms with E-state index in [9.17, 15) is 9.59 Å². The molecule has 0 saturated heterocycles. The molecule has 0 aromatic heterocycles. The van der Waals surface area contributed by atoms with Crippen LogP contribution in [-0.4, -0.2) is 38.5 Å². The van der Waals surface area contributed by atoms with E-state index in [0.29, 0.717) is 13.2 Å². The average Bonchev–Trinajstić information content (AvgIpc) is 2.06. The van der Waals surface area contributed by atoms with Crippen molar-refractivity contribution < 1.29 is 14.3 Å². The Balaban J connectivity index is 0. The van der Waals surface area contributed by atoms with Crippen molar-refractivity contribution in [1.29, 1.82) is 0 Å². The molecule has 13 heavy (non-hydrogen) atoms. The number of hydrogen-bond acceptors (Lipinski definition) is 5. The highest BCUT2D eigenvalue weighted by Gasteiger charge is 1.78. The van der Waals surface area contributed by atoms with Crippen molar-refractivity contribution in [2.75, 3.05) is 20.3 Å². The number of ether oxygens (including phenoxy) is 1. The van der Waals surface area contributed by atoms with Gasteiger partial charge in [0.15, 0.2) is 0 Å². The van der Waals surface area contributed by atoms with Crippen LogP contribution in [0.5, 0.6) is 0 Å². The van der Waals surface area contributed by atoms with Crippen molar-refractivity contribution in [3.8, 4) is 0 Å². The van der Waals surface area contributed by atoms with E-state index in [0.717, 1.165) is 0 Å². The fourth-order valence-corrected chi connectivity index (χ4v) is 0.288. The van der Waals surface area contributed by atoms with Gasteiger partial charge < -0.3 is 4.74 Å². The molecule has 0 radical (unpaired) electrons. The zero-order valence-electron chi connectivity index (χ0n) is 8.11. The van der Waals surface area contributed by atoms with Crippen molar-refractivity contribution in [2.45, 2.75) is 19.9 Å². The van der Waals surface area contributed by atoms with Gasteiger partial charge in [0.2, 0.25) is 12.2 Å². The summed E-state index contributed by atoms with van der Waals surface area (Å²) in [5.74, 6) is 0. The Morgan fingerprint density at radius 3 is 2.15 bits per heavy atom. The van der Waals surface area contributed by atoms with E-state index in [2.05, 4.69) is 14.7 Å². The Bertz CT molecular complexity index is 192. The first-order chi connectivity index (χ1) is 6.18. The lowest BCUT2D eigenvalue weighted by Crippen LogP contribution is -1.90. The van der Waals surface area contributed by atoms with E-state index in [4.69, 9.17) is 0 Å². The van der Waals surface area contributed by atoms with Crippen LogP contribution in [0, 0.1) is 0 Å². The fourth-order valence-electron chi connectivity index (χ4n) is 0.288. The summed E-state index contributed by atoms with van der Waals surface area (Å²) in [6.45, 7) is 4.56. The zero-order valence-corrected chi connectivity index (χ0v) is 8.11. The molecule has 0 spiro atoms. The van der Waals surface area contributed by atoms with Crippen molar-refractivity contribution in [3.63, 3.8) is 0 Å². The molecule has 0 aliphatic rings. The van der Waals surface area contributed by atoms with Crippen LogP contribution in [0.3, 0.4) is 0 Å². The van der Waals surface area contributed by atoms with Crippen LogP contribution in [0.1, 0.15) is 13.8 Å². The summed E-state index contributed by atoms with van der Waals surface area (Å²) in [5, 5.41) is 0. The van der Waals surface area contributed by atoms with Crippen LogP contribution < -0.4 is 0 Å². The molecule has 0 aromatic carbocycles. The molecule has 74 valence electrons. The summed E-state index contributed by atoms with van der Waals surface area (Å²) in [7, 11) is 1.56. The first kappa shape index (κ1) is 14.3. The highest BCUT2D eigenvalue weighted by atomic mass is 16.5. The highest BCUT2D eigenvalue weighted by molar-refractivity contribution is 5.33. The third kappa shape index (κ3) is 24.9.